The van der Waals surface area contributed by atoms with E-state index in [2.05, 4.69) is 67.7 Å². The molecule has 0 aromatic rings. The van der Waals surface area contributed by atoms with E-state index < -0.39 is 22.7 Å². The second-order valence-corrected chi connectivity index (χ2v) is 21.2. The Bertz CT molecular complexity index is 674. The molecule has 1 fully saturated rings. The molecule has 1 heterocycles. The fourth-order valence-electron chi connectivity index (χ4n) is 2.68. The van der Waals surface area contributed by atoms with Crippen LogP contribution in [0.15, 0.2) is 11.6 Å². The first-order valence-corrected chi connectivity index (χ1v) is 17.2. The van der Waals surface area contributed by atoms with Crippen molar-refractivity contribution in [1.82, 2.24) is 4.90 Å². The van der Waals surface area contributed by atoms with Gasteiger partial charge in [0, 0.05) is 12.7 Å². The van der Waals surface area contributed by atoms with Gasteiger partial charge in [0.1, 0.15) is 6.61 Å². The first-order chi connectivity index (χ1) is 13.9. The van der Waals surface area contributed by atoms with Crippen molar-refractivity contribution in [1.29, 1.82) is 0 Å². The Morgan fingerprint density at radius 1 is 1.10 bits per heavy atom. The standard InChI is InChI=1S/C23H45NO5Si2/c1-18(17-20(25)24-14-16-27-21(24)26)19(29-31(10,11)23(5,6)7)13-12-15-28-30(8,9)22(2,3)4/h17,19H,12-16H2,1-11H3/b18-17-. The van der Waals surface area contributed by atoms with Crippen LogP contribution in [-0.2, 0) is 18.4 Å². The van der Waals surface area contributed by atoms with E-state index >= 15 is 0 Å². The molecule has 0 N–H and O–H groups in total. The average Bonchev–Trinajstić information content (AvgIpc) is 3.01. The molecule has 180 valence electrons. The Balaban J connectivity index is 2.92. The first kappa shape index (κ1) is 28.1. The second kappa shape index (κ2) is 10.3. The third-order valence-corrected chi connectivity index (χ3v) is 16.0. The van der Waals surface area contributed by atoms with Gasteiger partial charge in [0.05, 0.1) is 12.6 Å². The normalized spacial score (nSPS) is 17.7. The largest absolute Gasteiger partial charge is 0.447 e. The SMILES string of the molecule is C/C(=C/C(=O)N1CCOC1=O)C(CCCO[Si](C)(C)C(C)(C)C)O[Si](C)(C)C(C)(C)C. The number of ether oxygens (including phenoxy) is 1. The minimum atomic E-state index is -2.04. The summed E-state index contributed by atoms with van der Waals surface area (Å²) >= 11 is 0. The summed E-state index contributed by atoms with van der Waals surface area (Å²) in [6, 6.07) is 0. The van der Waals surface area contributed by atoms with Gasteiger partial charge in [0.2, 0.25) is 0 Å². The Morgan fingerprint density at radius 2 is 1.65 bits per heavy atom. The molecule has 1 aliphatic heterocycles. The summed E-state index contributed by atoms with van der Waals surface area (Å²) in [7, 11) is -3.83. The van der Waals surface area contributed by atoms with Crippen LogP contribution in [0.25, 0.3) is 0 Å². The minimum absolute atomic E-state index is 0.0614. The van der Waals surface area contributed by atoms with Crippen molar-refractivity contribution in [2.75, 3.05) is 19.8 Å². The van der Waals surface area contributed by atoms with Crippen molar-refractivity contribution >= 4 is 28.6 Å². The Labute approximate surface area is 192 Å². The molecule has 0 aromatic heterocycles. The molecule has 1 aliphatic rings. The molecule has 1 rings (SSSR count). The van der Waals surface area contributed by atoms with E-state index in [0.717, 1.165) is 23.3 Å². The van der Waals surface area contributed by atoms with Crippen LogP contribution in [-0.4, -0.2) is 59.4 Å². The van der Waals surface area contributed by atoms with Crippen LogP contribution in [0.5, 0.6) is 0 Å². The molecule has 8 heteroatoms. The third-order valence-electron chi connectivity index (χ3n) is 7.01. The molecule has 0 bridgehead atoms. The third kappa shape index (κ3) is 7.84. The zero-order valence-corrected chi connectivity index (χ0v) is 23.7. The van der Waals surface area contributed by atoms with Crippen molar-refractivity contribution in [2.45, 2.75) is 104 Å². The van der Waals surface area contributed by atoms with E-state index in [1.165, 1.54) is 0 Å². The Hall–Kier alpha value is -0.966. The maximum Gasteiger partial charge on any atom is 0.416 e. The van der Waals surface area contributed by atoms with E-state index in [1.807, 2.05) is 6.92 Å². The summed E-state index contributed by atoms with van der Waals surface area (Å²) in [5.74, 6) is -0.332. The van der Waals surface area contributed by atoms with Crippen LogP contribution < -0.4 is 0 Å². The fourth-order valence-corrected chi connectivity index (χ4v) is 5.14. The van der Waals surface area contributed by atoms with Crippen molar-refractivity contribution < 1.29 is 23.2 Å². The summed E-state index contributed by atoms with van der Waals surface area (Å²) in [6.45, 7) is 25.5. The van der Waals surface area contributed by atoms with Crippen LogP contribution >= 0.6 is 0 Å². The summed E-state index contributed by atoms with van der Waals surface area (Å²) in [5, 5.41) is 0.239. The number of hydrogen-bond donors (Lipinski definition) is 0. The number of carbonyl (C=O) groups excluding carboxylic acids is 2. The van der Waals surface area contributed by atoms with Crippen molar-refractivity contribution in [3.05, 3.63) is 11.6 Å². The highest BCUT2D eigenvalue weighted by Gasteiger charge is 2.40. The summed E-state index contributed by atoms with van der Waals surface area (Å²) in [5.41, 5.74) is 0.849. The van der Waals surface area contributed by atoms with Crippen LogP contribution in [0.3, 0.4) is 0 Å². The molecule has 2 amide bonds. The molecule has 1 saturated heterocycles. The molecular weight excluding hydrogens is 426 g/mol. The van der Waals surface area contributed by atoms with Gasteiger partial charge >= 0.3 is 6.09 Å². The van der Waals surface area contributed by atoms with Gasteiger partial charge < -0.3 is 13.6 Å². The van der Waals surface area contributed by atoms with E-state index in [-0.39, 0.29) is 28.7 Å². The molecular formula is C23H45NO5Si2. The molecule has 31 heavy (non-hydrogen) atoms. The van der Waals surface area contributed by atoms with Crippen molar-refractivity contribution in [3.8, 4) is 0 Å². The molecule has 0 radical (unpaired) electrons. The number of hydrogen-bond acceptors (Lipinski definition) is 5. The number of rotatable bonds is 9. The summed E-state index contributed by atoms with van der Waals surface area (Å²) in [4.78, 5) is 25.5. The molecule has 6 nitrogen and oxygen atoms in total. The number of carbonyl (C=O) groups is 2. The maximum absolute atomic E-state index is 12.6. The molecule has 0 saturated carbocycles. The number of imide groups is 1. The predicted octanol–water partition coefficient (Wildman–Crippen LogP) is 6.10. The van der Waals surface area contributed by atoms with Gasteiger partial charge in [-0.1, -0.05) is 41.5 Å². The van der Waals surface area contributed by atoms with E-state index in [9.17, 15) is 9.59 Å². The molecule has 1 unspecified atom stereocenters. The van der Waals surface area contributed by atoms with Crippen LogP contribution in [0, 0.1) is 0 Å². The molecule has 1 atom stereocenters. The van der Waals surface area contributed by atoms with Gasteiger partial charge in [-0.25, -0.2) is 9.69 Å². The van der Waals surface area contributed by atoms with Gasteiger partial charge in [-0.05, 0) is 61.6 Å². The van der Waals surface area contributed by atoms with Crippen LogP contribution in [0.2, 0.25) is 36.3 Å². The Morgan fingerprint density at radius 3 is 2.10 bits per heavy atom. The lowest BCUT2D eigenvalue weighted by Crippen LogP contribution is -2.44. The lowest BCUT2D eigenvalue weighted by Gasteiger charge is -2.40. The van der Waals surface area contributed by atoms with Gasteiger partial charge in [0.15, 0.2) is 16.6 Å². The van der Waals surface area contributed by atoms with Crippen LogP contribution in [0.1, 0.15) is 61.3 Å². The average molecular weight is 472 g/mol. The van der Waals surface area contributed by atoms with E-state index in [0.29, 0.717) is 13.2 Å². The van der Waals surface area contributed by atoms with Gasteiger partial charge in [-0.2, -0.15) is 0 Å². The van der Waals surface area contributed by atoms with E-state index in [4.69, 9.17) is 13.6 Å². The topological polar surface area (TPSA) is 65.1 Å². The van der Waals surface area contributed by atoms with E-state index in [1.54, 1.807) is 6.08 Å². The smallest absolute Gasteiger partial charge is 0.416 e. The highest BCUT2D eigenvalue weighted by molar-refractivity contribution is 6.74. The lowest BCUT2D eigenvalue weighted by molar-refractivity contribution is -0.122. The van der Waals surface area contributed by atoms with Gasteiger partial charge in [0.25, 0.3) is 5.91 Å². The predicted molar refractivity (Wildman–Crippen MR) is 131 cm³/mol. The van der Waals surface area contributed by atoms with Crippen molar-refractivity contribution in [2.24, 2.45) is 0 Å². The molecule has 0 spiro atoms. The zero-order chi connectivity index (χ0) is 24.3. The maximum atomic E-state index is 12.6. The zero-order valence-electron chi connectivity index (χ0n) is 21.7. The van der Waals surface area contributed by atoms with Crippen molar-refractivity contribution in [3.63, 3.8) is 0 Å². The molecule has 0 aliphatic carbocycles. The molecule has 0 aromatic carbocycles. The minimum Gasteiger partial charge on any atom is -0.447 e. The first-order valence-electron chi connectivity index (χ1n) is 11.4. The highest BCUT2D eigenvalue weighted by atomic mass is 28.4. The second-order valence-electron chi connectivity index (χ2n) is 11.6. The lowest BCUT2D eigenvalue weighted by atomic mass is 10.1. The highest BCUT2D eigenvalue weighted by Crippen LogP contribution is 2.39. The number of nitrogens with zero attached hydrogens (tertiary/aromatic N) is 1. The quantitative estimate of drug-likeness (QED) is 0.231. The summed E-state index contributed by atoms with van der Waals surface area (Å²) < 4.78 is 17.9. The number of cyclic esters (lactones) is 1. The Kier molecular flexibility index (Phi) is 9.34. The number of amides is 2. The fraction of sp³-hybridized carbons (Fsp3) is 0.826. The summed E-state index contributed by atoms with van der Waals surface area (Å²) in [6.07, 6.45) is 2.43. The monoisotopic (exact) mass is 471 g/mol. The van der Waals surface area contributed by atoms with Crippen LogP contribution in [0.4, 0.5) is 4.79 Å². The van der Waals surface area contributed by atoms with Gasteiger partial charge in [-0.3, -0.25) is 4.79 Å². The van der Waals surface area contributed by atoms with Gasteiger partial charge in [-0.15, -0.1) is 0 Å².